The first-order valence-electron chi connectivity index (χ1n) is 7.80. The number of aromatic nitrogens is 1. The van der Waals surface area contributed by atoms with Gasteiger partial charge in [-0.05, 0) is 31.0 Å². The first kappa shape index (κ1) is 16.4. The summed E-state index contributed by atoms with van der Waals surface area (Å²) in [4.78, 5) is 4.14. The molecule has 1 unspecified atom stereocenters. The Bertz CT molecular complexity index is 468. The van der Waals surface area contributed by atoms with Crippen molar-refractivity contribution in [1.82, 2.24) is 10.3 Å². The molecule has 1 aliphatic rings. The summed E-state index contributed by atoms with van der Waals surface area (Å²) in [6.45, 7) is 10.6. The van der Waals surface area contributed by atoms with Gasteiger partial charge in [0, 0.05) is 56.5 Å². The molecule has 2 heterocycles. The van der Waals surface area contributed by atoms with E-state index in [1.54, 1.807) is 0 Å². The molecule has 21 heavy (non-hydrogen) atoms. The molecule has 0 aromatic carbocycles. The second kappa shape index (κ2) is 6.42. The van der Waals surface area contributed by atoms with Gasteiger partial charge >= 0.3 is 0 Å². The third kappa shape index (κ3) is 3.62. The molecule has 1 aromatic rings. The molecule has 118 valence electrons. The van der Waals surface area contributed by atoms with E-state index in [1.165, 1.54) is 11.1 Å². The highest BCUT2D eigenvalue weighted by Gasteiger charge is 2.44. The average molecular weight is 292 g/mol. The highest BCUT2D eigenvalue weighted by Crippen LogP contribution is 2.38. The molecule has 0 spiro atoms. The summed E-state index contributed by atoms with van der Waals surface area (Å²) in [7, 11) is 0. The quantitative estimate of drug-likeness (QED) is 0.876. The summed E-state index contributed by atoms with van der Waals surface area (Å²) in [5, 5.41) is 14.5. The zero-order chi connectivity index (χ0) is 15.5. The fourth-order valence-electron chi connectivity index (χ4n) is 3.04. The van der Waals surface area contributed by atoms with E-state index < -0.39 is 5.60 Å². The fraction of sp³-hybridized carbons (Fsp3) is 0.706. The summed E-state index contributed by atoms with van der Waals surface area (Å²) in [5.41, 5.74) is 1.62. The Kier molecular flexibility index (Phi) is 5.02. The van der Waals surface area contributed by atoms with Crippen LogP contribution >= 0.6 is 0 Å². The van der Waals surface area contributed by atoms with Gasteiger partial charge in [0.15, 0.2) is 0 Å². The Labute approximate surface area is 127 Å². The molecular weight excluding hydrogens is 264 g/mol. The van der Waals surface area contributed by atoms with Crippen molar-refractivity contribution in [2.75, 3.05) is 19.8 Å². The van der Waals surface area contributed by atoms with Crippen LogP contribution in [-0.4, -0.2) is 35.5 Å². The van der Waals surface area contributed by atoms with Crippen LogP contribution in [0.2, 0.25) is 0 Å². The van der Waals surface area contributed by atoms with Gasteiger partial charge < -0.3 is 15.2 Å². The minimum atomic E-state index is -0.648. The Morgan fingerprint density at radius 3 is 2.71 bits per heavy atom. The van der Waals surface area contributed by atoms with Crippen LogP contribution in [-0.2, 0) is 4.74 Å². The van der Waals surface area contributed by atoms with Crippen molar-refractivity contribution in [3.8, 4) is 0 Å². The molecule has 1 atom stereocenters. The van der Waals surface area contributed by atoms with E-state index in [2.05, 4.69) is 44.1 Å². The van der Waals surface area contributed by atoms with E-state index in [1.807, 2.05) is 12.4 Å². The van der Waals surface area contributed by atoms with Crippen LogP contribution in [0, 0.1) is 12.3 Å². The van der Waals surface area contributed by atoms with Crippen LogP contribution in [0.1, 0.15) is 50.8 Å². The first-order valence-corrected chi connectivity index (χ1v) is 7.80. The van der Waals surface area contributed by atoms with Gasteiger partial charge in [-0.25, -0.2) is 0 Å². The predicted molar refractivity (Wildman–Crippen MR) is 84.2 cm³/mol. The SMILES string of the molecule is Cc1cnccc1C(C)NCC(C)(C)C1(O)CCOCC1. The zero-order valence-corrected chi connectivity index (χ0v) is 13.6. The Balaban J connectivity index is 1.99. The van der Waals surface area contributed by atoms with Crippen LogP contribution in [0.15, 0.2) is 18.5 Å². The lowest BCUT2D eigenvalue weighted by atomic mass is 9.70. The summed E-state index contributed by atoms with van der Waals surface area (Å²) in [6, 6.07) is 2.30. The van der Waals surface area contributed by atoms with Crippen LogP contribution in [0.3, 0.4) is 0 Å². The maximum atomic E-state index is 10.9. The molecule has 0 radical (unpaired) electrons. The highest BCUT2D eigenvalue weighted by atomic mass is 16.5. The Morgan fingerprint density at radius 1 is 1.43 bits per heavy atom. The number of nitrogens with zero attached hydrogens (tertiary/aromatic N) is 1. The van der Waals surface area contributed by atoms with Gasteiger partial charge in [0.2, 0.25) is 0 Å². The number of ether oxygens (including phenoxy) is 1. The standard InChI is InChI=1S/C17H28N2O2/c1-13-11-18-8-5-15(13)14(2)19-12-16(3,4)17(20)6-9-21-10-7-17/h5,8,11,14,19-20H,6-7,9-10,12H2,1-4H3. The van der Waals surface area contributed by atoms with Crippen molar-refractivity contribution in [1.29, 1.82) is 0 Å². The summed E-state index contributed by atoms with van der Waals surface area (Å²) >= 11 is 0. The number of pyridine rings is 1. The van der Waals surface area contributed by atoms with Crippen molar-refractivity contribution < 1.29 is 9.84 Å². The minimum Gasteiger partial charge on any atom is -0.389 e. The third-order valence-corrected chi connectivity index (χ3v) is 4.96. The van der Waals surface area contributed by atoms with Gasteiger partial charge in [0.1, 0.15) is 0 Å². The number of rotatable bonds is 5. The molecule has 4 nitrogen and oxygen atoms in total. The highest BCUT2D eigenvalue weighted by molar-refractivity contribution is 5.24. The zero-order valence-electron chi connectivity index (χ0n) is 13.6. The lowest BCUT2D eigenvalue weighted by molar-refractivity contribution is -0.131. The molecule has 1 aliphatic heterocycles. The van der Waals surface area contributed by atoms with Crippen molar-refractivity contribution >= 4 is 0 Å². The van der Waals surface area contributed by atoms with E-state index in [9.17, 15) is 5.11 Å². The van der Waals surface area contributed by atoms with Crippen LogP contribution in [0.5, 0.6) is 0 Å². The van der Waals surface area contributed by atoms with Crippen LogP contribution in [0.4, 0.5) is 0 Å². The van der Waals surface area contributed by atoms with E-state index in [0.29, 0.717) is 26.1 Å². The maximum Gasteiger partial charge on any atom is 0.0754 e. The predicted octanol–water partition coefficient (Wildman–Crippen LogP) is 2.61. The normalized spacial score (nSPS) is 20.2. The lowest BCUT2D eigenvalue weighted by Crippen LogP contribution is -2.53. The van der Waals surface area contributed by atoms with Crippen molar-refractivity contribution in [2.24, 2.45) is 5.41 Å². The minimum absolute atomic E-state index is 0.189. The smallest absolute Gasteiger partial charge is 0.0754 e. The molecule has 0 saturated carbocycles. The fourth-order valence-corrected chi connectivity index (χ4v) is 3.04. The average Bonchev–Trinajstić information content (AvgIpc) is 2.46. The van der Waals surface area contributed by atoms with Gasteiger partial charge in [-0.1, -0.05) is 13.8 Å². The second-order valence-corrected chi connectivity index (χ2v) is 6.86. The maximum absolute atomic E-state index is 10.9. The van der Waals surface area contributed by atoms with Gasteiger partial charge in [-0.3, -0.25) is 4.98 Å². The van der Waals surface area contributed by atoms with Crippen molar-refractivity contribution in [2.45, 2.75) is 52.2 Å². The molecule has 0 bridgehead atoms. The molecule has 1 fully saturated rings. The molecule has 0 amide bonds. The molecule has 1 aromatic heterocycles. The Hall–Kier alpha value is -0.970. The number of hydrogen-bond acceptors (Lipinski definition) is 4. The van der Waals surface area contributed by atoms with Gasteiger partial charge in [0.25, 0.3) is 0 Å². The number of aryl methyl sites for hydroxylation is 1. The molecule has 1 saturated heterocycles. The molecule has 4 heteroatoms. The van der Waals surface area contributed by atoms with Gasteiger partial charge in [0.05, 0.1) is 5.60 Å². The summed E-state index contributed by atoms with van der Waals surface area (Å²) in [6.07, 6.45) is 5.15. The molecular formula is C17H28N2O2. The topological polar surface area (TPSA) is 54.4 Å². The van der Waals surface area contributed by atoms with E-state index in [-0.39, 0.29) is 11.5 Å². The first-order chi connectivity index (χ1) is 9.86. The second-order valence-electron chi connectivity index (χ2n) is 6.86. The monoisotopic (exact) mass is 292 g/mol. The van der Waals surface area contributed by atoms with Crippen molar-refractivity contribution in [3.05, 3.63) is 29.6 Å². The van der Waals surface area contributed by atoms with Gasteiger partial charge in [-0.2, -0.15) is 0 Å². The molecule has 0 aliphatic carbocycles. The number of nitrogens with one attached hydrogen (secondary N) is 1. The molecule has 2 N–H and O–H groups in total. The molecule has 2 rings (SSSR count). The van der Waals surface area contributed by atoms with Crippen LogP contribution in [0.25, 0.3) is 0 Å². The van der Waals surface area contributed by atoms with E-state index in [0.717, 1.165) is 6.54 Å². The van der Waals surface area contributed by atoms with Gasteiger partial charge in [-0.15, -0.1) is 0 Å². The van der Waals surface area contributed by atoms with Crippen molar-refractivity contribution in [3.63, 3.8) is 0 Å². The third-order valence-electron chi connectivity index (χ3n) is 4.96. The van der Waals surface area contributed by atoms with E-state index >= 15 is 0 Å². The summed E-state index contributed by atoms with van der Waals surface area (Å²) in [5.74, 6) is 0. The van der Waals surface area contributed by atoms with Crippen LogP contribution < -0.4 is 5.32 Å². The largest absolute Gasteiger partial charge is 0.389 e. The van der Waals surface area contributed by atoms with E-state index in [4.69, 9.17) is 4.74 Å². The lowest BCUT2D eigenvalue weighted by Gasteiger charge is -2.45. The number of hydrogen-bond donors (Lipinski definition) is 2. The number of aliphatic hydroxyl groups is 1. The summed E-state index contributed by atoms with van der Waals surface area (Å²) < 4.78 is 5.38. The Morgan fingerprint density at radius 2 is 2.10 bits per heavy atom.